The number of hydrogen-bond acceptors (Lipinski definition) is 3. The normalized spacial score (nSPS) is 17.3. The third-order valence-corrected chi connectivity index (χ3v) is 4.75. The Balaban J connectivity index is 3.07. The Morgan fingerprint density at radius 1 is 1.32 bits per heavy atom. The monoisotopic (exact) mass is 354 g/mol. The topological polar surface area (TPSA) is 48.0 Å². The summed E-state index contributed by atoms with van der Waals surface area (Å²) in [6, 6.07) is 3.12. The molecule has 1 heterocycles. The summed E-state index contributed by atoms with van der Waals surface area (Å²) in [4.78, 5) is 3.98. The van der Waals surface area contributed by atoms with Crippen LogP contribution in [0.3, 0.4) is 0 Å². The Hall–Kier alpha value is -0.240. The fourth-order valence-electron chi connectivity index (χ4n) is 1.24. The van der Waals surface area contributed by atoms with Crippen LogP contribution in [0.15, 0.2) is 22.8 Å². The molecular formula is C12H17BrF2N2OS. The van der Waals surface area contributed by atoms with Gasteiger partial charge in [0.15, 0.2) is 5.54 Å². The highest BCUT2D eigenvalue weighted by Crippen LogP contribution is 2.30. The van der Waals surface area contributed by atoms with Crippen molar-refractivity contribution >= 4 is 27.3 Å². The molecule has 1 aromatic rings. The number of hydrogen-bond donors (Lipinski definition) is 1. The van der Waals surface area contributed by atoms with Gasteiger partial charge in [-0.1, -0.05) is 0 Å². The van der Waals surface area contributed by atoms with Crippen LogP contribution in [0.4, 0.5) is 8.78 Å². The molecule has 0 spiro atoms. The average Bonchev–Trinajstić information content (AvgIpc) is 2.28. The minimum Gasteiger partial charge on any atom is -0.598 e. The average molecular weight is 355 g/mol. The lowest BCUT2D eigenvalue weighted by Crippen LogP contribution is -2.53. The Bertz CT molecular complexity index is 425. The van der Waals surface area contributed by atoms with Crippen LogP contribution in [0.5, 0.6) is 0 Å². The van der Waals surface area contributed by atoms with Crippen LogP contribution >= 0.6 is 15.9 Å². The van der Waals surface area contributed by atoms with Crippen molar-refractivity contribution in [2.45, 2.75) is 44.4 Å². The Morgan fingerprint density at radius 3 is 2.26 bits per heavy atom. The van der Waals surface area contributed by atoms with Crippen molar-refractivity contribution < 1.29 is 13.3 Å². The Kier molecular flexibility index (Phi) is 5.34. The Labute approximate surface area is 123 Å². The molecule has 0 amide bonds. The standard InChI is InChI=1S/C12H17BrF2N2OS/c1-11(2,3)19(18)17-12(4,10(14)15)9-6-5-8(13)7-16-9/h5-7,10,17H,1-4H3/t12?,19-/m0/s1. The predicted molar refractivity (Wildman–Crippen MR) is 76.3 cm³/mol. The van der Waals surface area contributed by atoms with Crippen LogP contribution in [-0.4, -0.2) is 20.7 Å². The van der Waals surface area contributed by atoms with Crippen LogP contribution in [-0.2, 0) is 16.9 Å². The summed E-state index contributed by atoms with van der Waals surface area (Å²) < 4.78 is 41.4. The van der Waals surface area contributed by atoms with Crippen molar-refractivity contribution in [1.82, 2.24) is 9.71 Å². The first-order valence-electron chi connectivity index (χ1n) is 5.67. The molecule has 0 aliphatic heterocycles. The molecule has 0 bridgehead atoms. The second kappa shape index (κ2) is 6.03. The quantitative estimate of drug-likeness (QED) is 0.843. The van der Waals surface area contributed by atoms with Crippen molar-refractivity contribution in [2.24, 2.45) is 0 Å². The van der Waals surface area contributed by atoms with Gasteiger partial charge in [-0.3, -0.25) is 4.98 Å². The second-order valence-electron chi connectivity index (χ2n) is 5.35. The molecule has 0 saturated heterocycles. The lowest BCUT2D eigenvalue weighted by atomic mass is 9.99. The predicted octanol–water partition coefficient (Wildman–Crippen LogP) is 3.38. The van der Waals surface area contributed by atoms with Gasteiger partial charge in [-0.15, -0.1) is 4.72 Å². The van der Waals surface area contributed by atoms with Crippen molar-refractivity contribution in [3.63, 3.8) is 0 Å². The van der Waals surface area contributed by atoms with Gasteiger partial charge in [0.25, 0.3) is 6.43 Å². The van der Waals surface area contributed by atoms with Crippen molar-refractivity contribution in [2.75, 3.05) is 0 Å². The summed E-state index contributed by atoms with van der Waals surface area (Å²) in [5.74, 6) is 0. The molecule has 0 radical (unpaired) electrons. The lowest BCUT2D eigenvalue weighted by molar-refractivity contribution is 0.0495. The summed E-state index contributed by atoms with van der Waals surface area (Å²) >= 11 is 1.59. The first-order valence-corrected chi connectivity index (χ1v) is 7.61. The van der Waals surface area contributed by atoms with Crippen LogP contribution in [0.1, 0.15) is 33.4 Å². The van der Waals surface area contributed by atoms with Crippen LogP contribution < -0.4 is 4.72 Å². The zero-order chi connectivity index (χ0) is 14.8. The number of nitrogens with zero attached hydrogens (tertiary/aromatic N) is 1. The molecule has 0 saturated carbocycles. The Morgan fingerprint density at radius 2 is 1.89 bits per heavy atom. The minimum atomic E-state index is -2.73. The molecule has 2 atom stereocenters. The van der Waals surface area contributed by atoms with E-state index in [1.165, 1.54) is 19.2 Å². The van der Waals surface area contributed by atoms with E-state index >= 15 is 0 Å². The summed E-state index contributed by atoms with van der Waals surface area (Å²) in [6.45, 7) is 6.46. The van der Waals surface area contributed by atoms with Gasteiger partial charge in [-0.25, -0.2) is 8.78 Å². The number of aromatic nitrogens is 1. The summed E-state index contributed by atoms with van der Waals surface area (Å²) in [5, 5.41) is 0. The van der Waals surface area contributed by atoms with Crippen molar-refractivity contribution in [3.05, 3.63) is 28.5 Å². The first-order chi connectivity index (χ1) is 8.57. The first kappa shape index (κ1) is 16.8. The zero-order valence-electron chi connectivity index (χ0n) is 11.2. The fourth-order valence-corrected chi connectivity index (χ4v) is 2.36. The number of pyridine rings is 1. The van der Waals surface area contributed by atoms with Gasteiger partial charge >= 0.3 is 0 Å². The SMILES string of the molecule is CC(N[S@@+]([O-])C(C)(C)C)(c1ccc(Br)cn1)C(F)F. The highest BCUT2D eigenvalue weighted by Gasteiger charge is 2.45. The van der Waals surface area contributed by atoms with E-state index in [4.69, 9.17) is 0 Å². The molecule has 1 rings (SSSR count). The largest absolute Gasteiger partial charge is 0.598 e. The van der Waals surface area contributed by atoms with E-state index in [0.717, 1.165) is 0 Å². The van der Waals surface area contributed by atoms with E-state index in [1.807, 2.05) is 0 Å². The summed E-state index contributed by atoms with van der Waals surface area (Å²) in [6.07, 6.45) is -1.29. The van der Waals surface area contributed by atoms with Crippen LogP contribution in [0.2, 0.25) is 0 Å². The van der Waals surface area contributed by atoms with Gasteiger partial charge < -0.3 is 4.55 Å². The lowest BCUT2D eigenvalue weighted by Gasteiger charge is -2.33. The number of halogens is 3. The molecule has 0 fully saturated rings. The van der Waals surface area contributed by atoms with Crippen molar-refractivity contribution in [1.29, 1.82) is 0 Å². The summed E-state index contributed by atoms with van der Waals surface area (Å²) in [7, 11) is 0. The molecule has 1 aromatic heterocycles. The van der Waals surface area contributed by atoms with Crippen LogP contribution in [0, 0.1) is 0 Å². The van der Waals surface area contributed by atoms with Crippen molar-refractivity contribution in [3.8, 4) is 0 Å². The molecule has 3 nitrogen and oxygen atoms in total. The molecule has 0 aliphatic rings. The highest BCUT2D eigenvalue weighted by atomic mass is 79.9. The van der Waals surface area contributed by atoms with Gasteiger partial charge in [0.05, 0.1) is 5.69 Å². The van der Waals surface area contributed by atoms with E-state index in [9.17, 15) is 13.3 Å². The number of nitrogens with one attached hydrogen (secondary N) is 1. The molecule has 19 heavy (non-hydrogen) atoms. The molecule has 0 aliphatic carbocycles. The molecule has 0 aromatic carbocycles. The highest BCUT2D eigenvalue weighted by molar-refractivity contribution is 9.10. The molecule has 1 unspecified atom stereocenters. The second-order valence-corrected chi connectivity index (χ2v) is 8.23. The number of rotatable bonds is 4. The van der Waals surface area contributed by atoms with Gasteiger partial charge in [-0.05, 0) is 55.8 Å². The number of alkyl halides is 2. The van der Waals surface area contributed by atoms with E-state index in [1.54, 1.807) is 26.8 Å². The maximum Gasteiger partial charge on any atom is 0.266 e. The van der Waals surface area contributed by atoms with E-state index in [-0.39, 0.29) is 5.69 Å². The van der Waals surface area contributed by atoms with E-state index < -0.39 is 28.1 Å². The van der Waals surface area contributed by atoms with E-state index in [2.05, 4.69) is 25.6 Å². The fraction of sp³-hybridized carbons (Fsp3) is 0.583. The minimum absolute atomic E-state index is 0.156. The molecule has 1 N–H and O–H groups in total. The maximum absolute atomic E-state index is 13.4. The van der Waals surface area contributed by atoms with Gasteiger partial charge in [0.1, 0.15) is 4.75 Å². The van der Waals surface area contributed by atoms with Gasteiger partial charge in [-0.2, -0.15) is 0 Å². The van der Waals surface area contributed by atoms with Gasteiger partial charge in [0.2, 0.25) is 0 Å². The smallest absolute Gasteiger partial charge is 0.266 e. The van der Waals surface area contributed by atoms with Crippen LogP contribution in [0.25, 0.3) is 0 Å². The molecule has 108 valence electrons. The zero-order valence-corrected chi connectivity index (χ0v) is 13.6. The summed E-state index contributed by atoms with van der Waals surface area (Å²) in [5.41, 5.74) is -1.60. The third kappa shape index (κ3) is 4.11. The van der Waals surface area contributed by atoms with E-state index in [0.29, 0.717) is 4.47 Å². The maximum atomic E-state index is 13.4. The molecule has 7 heteroatoms. The van der Waals surface area contributed by atoms with Gasteiger partial charge in [0, 0.05) is 22.0 Å². The molecular weight excluding hydrogens is 338 g/mol. The third-order valence-electron chi connectivity index (χ3n) is 2.56.